The summed E-state index contributed by atoms with van der Waals surface area (Å²) >= 11 is 6.12. The standard InChI is InChI=1S/C15H14ClN3O2/c1-20-13-7-14(21-2)12(6-10(13)16)19-11-5-3-4-9(8-17)15(11)18/h3-7,19H,18H2,1-2H3. The Balaban J connectivity index is 2.45. The van der Waals surface area contributed by atoms with Gasteiger partial charge < -0.3 is 20.5 Å². The van der Waals surface area contributed by atoms with Crippen LogP contribution in [0.3, 0.4) is 0 Å². The third kappa shape index (κ3) is 2.96. The first-order valence-electron chi connectivity index (χ1n) is 6.07. The van der Waals surface area contributed by atoms with Crippen LogP contribution in [-0.4, -0.2) is 14.2 Å². The van der Waals surface area contributed by atoms with Crippen molar-refractivity contribution in [3.05, 3.63) is 40.9 Å². The number of nitrogens with one attached hydrogen (secondary N) is 1. The molecule has 6 heteroatoms. The minimum atomic E-state index is 0.369. The number of nitrogens with zero attached hydrogens (tertiary/aromatic N) is 1. The van der Waals surface area contributed by atoms with Gasteiger partial charge in [0.2, 0.25) is 0 Å². The van der Waals surface area contributed by atoms with E-state index in [-0.39, 0.29) is 0 Å². The van der Waals surface area contributed by atoms with Gasteiger partial charge in [-0.1, -0.05) is 17.7 Å². The van der Waals surface area contributed by atoms with Crippen LogP contribution in [0.1, 0.15) is 5.56 Å². The molecule has 5 nitrogen and oxygen atoms in total. The van der Waals surface area contributed by atoms with Crippen LogP contribution in [0.2, 0.25) is 5.02 Å². The van der Waals surface area contributed by atoms with E-state index in [0.29, 0.717) is 39.1 Å². The fraction of sp³-hybridized carbons (Fsp3) is 0.133. The molecule has 0 saturated carbocycles. The van der Waals surface area contributed by atoms with Crippen LogP contribution >= 0.6 is 11.6 Å². The molecule has 21 heavy (non-hydrogen) atoms. The molecule has 2 rings (SSSR count). The van der Waals surface area contributed by atoms with Crippen molar-refractivity contribution in [2.45, 2.75) is 0 Å². The SMILES string of the molecule is COc1cc(OC)c(Nc2cccc(C#N)c2N)cc1Cl. The number of nitriles is 1. The Hall–Kier alpha value is -2.58. The number of methoxy groups -OCH3 is 2. The number of ether oxygens (including phenoxy) is 2. The summed E-state index contributed by atoms with van der Waals surface area (Å²) in [7, 11) is 3.07. The Morgan fingerprint density at radius 2 is 1.86 bits per heavy atom. The van der Waals surface area contributed by atoms with Crippen LogP contribution in [-0.2, 0) is 0 Å². The summed E-state index contributed by atoms with van der Waals surface area (Å²) < 4.78 is 10.4. The molecule has 0 aliphatic rings. The summed E-state index contributed by atoms with van der Waals surface area (Å²) in [6.45, 7) is 0. The minimum absolute atomic E-state index is 0.369. The molecule has 2 aromatic carbocycles. The second-order valence-electron chi connectivity index (χ2n) is 4.19. The second-order valence-corrected chi connectivity index (χ2v) is 4.60. The molecule has 108 valence electrons. The predicted octanol–water partition coefficient (Wildman–Crippen LogP) is 3.55. The maximum atomic E-state index is 9.00. The fourth-order valence-corrected chi connectivity index (χ4v) is 2.12. The third-order valence-corrected chi connectivity index (χ3v) is 3.27. The fourth-order valence-electron chi connectivity index (χ4n) is 1.87. The van der Waals surface area contributed by atoms with E-state index < -0.39 is 0 Å². The van der Waals surface area contributed by atoms with Crippen molar-refractivity contribution in [3.63, 3.8) is 0 Å². The van der Waals surface area contributed by atoms with Crippen molar-refractivity contribution in [3.8, 4) is 17.6 Å². The van der Waals surface area contributed by atoms with Crippen molar-refractivity contribution in [2.24, 2.45) is 0 Å². The van der Waals surface area contributed by atoms with Crippen molar-refractivity contribution in [1.82, 2.24) is 0 Å². The Bertz CT molecular complexity index is 711. The van der Waals surface area contributed by atoms with Crippen LogP contribution in [0.4, 0.5) is 17.1 Å². The minimum Gasteiger partial charge on any atom is -0.495 e. The highest BCUT2D eigenvalue weighted by Gasteiger charge is 2.12. The number of halogens is 1. The lowest BCUT2D eigenvalue weighted by molar-refractivity contribution is 0.396. The van der Waals surface area contributed by atoms with Gasteiger partial charge in [0.1, 0.15) is 17.6 Å². The van der Waals surface area contributed by atoms with E-state index in [2.05, 4.69) is 5.32 Å². The van der Waals surface area contributed by atoms with Crippen LogP contribution < -0.4 is 20.5 Å². The van der Waals surface area contributed by atoms with Gasteiger partial charge in [-0.2, -0.15) is 5.26 Å². The summed E-state index contributed by atoms with van der Waals surface area (Å²) in [5.74, 6) is 1.07. The molecule has 0 aliphatic heterocycles. The smallest absolute Gasteiger partial charge is 0.146 e. The normalized spacial score (nSPS) is 9.81. The lowest BCUT2D eigenvalue weighted by atomic mass is 10.1. The number of nitrogen functional groups attached to an aromatic ring is 1. The van der Waals surface area contributed by atoms with E-state index in [0.717, 1.165) is 0 Å². The average molecular weight is 304 g/mol. The van der Waals surface area contributed by atoms with Gasteiger partial charge in [0.25, 0.3) is 0 Å². The molecule has 0 unspecified atom stereocenters. The largest absolute Gasteiger partial charge is 0.495 e. The maximum absolute atomic E-state index is 9.00. The Morgan fingerprint density at radius 1 is 1.14 bits per heavy atom. The number of hydrogen-bond donors (Lipinski definition) is 2. The monoisotopic (exact) mass is 303 g/mol. The molecular formula is C15H14ClN3O2. The summed E-state index contributed by atoms with van der Waals surface area (Å²) in [5, 5.41) is 12.6. The first-order chi connectivity index (χ1) is 10.1. The zero-order valence-corrected chi connectivity index (χ0v) is 12.4. The Morgan fingerprint density at radius 3 is 2.48 bits per heavy atom. The number of anilines is 3. The highest BCUT2D eigenvalue weighted by molar-refractivity contribution is 6.32. The maximum Gasteiger partial charge on any atom is 0.146 e. The molecule has 0 saturated heterocycles. The molecule has 0 aromatic heterocycles. The molecule has 0 atom stereocenters. The van der Waals surface area contributed by atoms with E-state index in [1.165, 1.54) is 7.11 Å². The Labute approximate surface area is 127 Å². The molecule has 0 spiro atoms. The highest BCUT2D eigenvalue weighted by atomic mass is 35.5. The van der Waals surface area contributed by atoms with Gasteiger partial charge in [-0.25, -0.2) is 0 Å². The van der Waals surface area contributed by atoms with E-state index in [9.17, 15) is 0 Å². The number of para-hydroxylation sites is 1. The van der Waals surface area contributed by atoms with Crippen LogP contribution in [0, 0.1) is 11.3 Å². The lowest BCUT2D eigenvalue weighted by Gasteiger charge is -2.15. The predicted molar refractivity (Wildman–Crippen MR) is 83.4 cm³/mol. The van der Waals surface area contributed by atoms with Gasteiger partial charge in [0, 0.05) is 6.07 Å². The first-order valence-corrected chi connectivity index (χ1v) is 6.45. The van der Waals surface area contributed by atoms with Gasteiger partial charge in [-0.05, 0) is 18.2 Å². The third-order valence-electron chi connectivity index (χ3n) is 2.97. The van der Waals surface area contributed by atoms with Gasteiger partial charge in [0.05, 0.1) is 41.9 Å². The van der Waals surface area contributed by atoms with E-state index >= 15 is 0 Å². The van der Waals surface area contributed by atoms with Crippen molar-refractivity contribution in [1.29, 1.82) is 5.26 Å². The molecule has 0 heterocycles. The molecule has 2 aromatic rings. The van der Waals surface area contributed by atoms with Crippen LogP contribution in [0.15, 0.2) is 30.3 Å². The molecular weight excluding hydrogens is 290 g/mol. The lowest BCUT2D eigenvalue weighted by Crippen LogP contribution is -2.01. The van der Waals surface area contributed by atoms with Gasteiger partial charge in [-0.15, -0.1) is 0 Å². The zero-order chi connectivity index (χ0) is 15.4. The van der Waals surface area contributed by atoms with Gasteiger partial charge >= 0.3 is 0 Å². The quantitative estimate of drug-likeness (QED) is 0.844. The number of rotatable bonds is 4. The molecule has 0 aliphatic carbocycles. The van der Waals surface area contributed by atoms with Gasteiger partial charge in [0.15, 0.2) is 0 Å². The van der Waals surface area contributed by atoms with E-state index in [1.807, 2.05) is 6.07 Å². The Kier molecular flexibility index (Phi) is 4.41. The molecule has 3 N–H and O–H groups in total. The summed E-state index contributed by atoms with van der Waals surface area (Å²) in [5.41, 5.74) is 7.95. The molecule has 0 radical (unpaired) electrons. The van der Waals surface area contributed by atoms with E-state index in [1.54, 1.807) is 37.4 Å². The highest BCUT2D eigenvalue weighted by Crippen LogP contribution is 2.38. The van der Waals surface area contributed by atoms with Crippen LogP contribution in [0.25, 0.3) is 0 Å². The first kappa shape index (κ1) is 14.8. The number of hydrogen-bond acceptors (Lipinski definition) is 5. The van der Waals surface area contributed by atoms with Crippen LogP contribution in [0.5, 0.6) is 11.5 Å². The average Bonchev–Trinajstić information content (AvgIpc) is 2.49. The molecule has 0 bridgehead atoms. The topological polar surface area (TPSA) is 80.3 Å². The number of nitrogens with two attached hydrogens (primary N) is 1. The molecule has 0 amide bonds. The van der Waals surface area contributed by atoms with Crippen molar-refractivity contribution >= 4 is 28.7 Å². The second kappa shape index (κ2) is 6.25. The summed E-state index contributed by atoms with van der Waals surface area (Å²) in [4.78, 5) is 0. The number of benzene rings is 2. The van der Waals surface area contributed by atoms with Crippen molar-refractivity contribution in [2.75, 3.05) is 25.3 Å². The van der Waals surface area contributed by atoms with E-state index in [4.69, 9.17) is 32.1 Å². The summed E-state index contributed by atoms with van der Waals surface area (Å²) in [6, 6.07) is 10.6. The zero-order valence-electron chi connectivity index (χ0n) is 11.6. The van der Waals surface area contributed by atoms with Gasteiger partial charge in [-0.3, -0.25) is 0 Å². The molecule has 0 fully saturated rings. The van der Waals surface area contributed by atoms with Crippen molar-refractivity contribution < 1.29 is 9.47 Å². The summed E-state index contributed by atoms with van der Waals surface area (Å²) in [6.07, 6.45) is 0.